The van der Waals surface area contributed by atoms with E-state index in [1.807, 2.05) is 12.1 Å². The first-order chi connectivity index (χ1) is 18.8. The van der Waals surface area contributed by atoms with Gasteiger partial charge in [0.2, 0.25) is 0 Å². The molecule has 2 atom stereocenters. The fraction of sp³-hybridized carbons (Fsp3) is 0.500. The lowest BCUT2D eigenvalue weighted by atomic mass is 9.94. The Morgan fingerprint density at radius 1 is 1.15 bits per heavy atom. The SMILES string of the molecule is C=c1ccc(C(=O)NCC2COCCO2)c(CC)/c1=C/N(C)CC(CCC)CCCC(=O)c1ccc(Cl)cc1. The number of Topliss-reactive ketones (excluding diaryl/α,β-unsaturated/α-hetero) is 1. The van der Waals surface area contributed by atoms with Crippen LogP contribution in [0.25, 0.3) is 12.8 Å². The predicted molar refractivity (Wildman–Crippen MR) is 159 cm³/mol. The second kappa shape index (κ2) is 15.8. The Hall–Kier alpha value is -2.67. The third kappa shape index (κ3) is 9.48. The van der Waals surface area contributed by atoms with E-state index in [1.165, 1.54) is 0 Å². The Morgan fingerprint density at radius 3 is 2.59 bits per heavy atom. The van der Waals surface area contributed by atoms with Gasteiger partial charge in [0.25, 0.3) is 5.91 Å². The molecule has 2 unspecified atom stereocenters. The highest BCUT2D eigenvalue weighted by atomic mass is 35.5. The third-order valence-electron chi connectivity index (χ3n) is 7.20. The average molecular weight is 555 g/mol. The highest BCUT2D eigenvalue weighted by molar-refractivity contribution is 6.30. The second-order valence-corrected chi connectivity index (χ2v) is 10.8. The second-order valence-electron chi connectivity index (χ2n) is 10.3. The Labute approximate surface area is 238 Å². The summed E-state index contributed by atoms with van der Waals surface area (Å²) < 4.78 is 11.1. The van der Waals surface area contributed by atoms with Gasteiger partial charge in [-0.2, -0.15) is 0 Å². The van der Waals surface area contributed by atoms with E-state index in [4.69, 9.17) is 21.1 Å². The molecule has 0 bridgehead atoms. The molecular formula is C32H43ClN2O4. The summed E-state index contributed by atoms with van der Waals surface area (Å²) in [6.45, 7) is 11.5. The summed E-state index contributed by atoms with van der Waals surface area (Å²) in [4.78, 5) is 27.9. The molecule has 212 valence electrons. The molecule has 1 fully saturated rings. The van der Waals surface area contributed by atoms with Crippen molar-refractivity contribution in [2.75, 3.05) is 40.0 Å². The molecule has 0 aliphatic carbocycles. The van der Waals surface area contributed by atoms with Gasteiger partial charge in [0.15, 0.2) is 5.78 Å². The zero-order valence-electron chi connectivity index (χ0n) is 23.6. The lowest BCUT2D eigenvalue weighted by molar-refractivity contribution is -0.0855. The molecule has 2 aromatic rings. The number of rotatable bonds is 14. The molecule has 1 heterocycles. The summed E-state index contributed by atoms with van der Waals surface area (Å²) in [6.07, 6.45) is 7.29. The lowest BCUT2D eigenvalue weighted by Crippen LogP contribution is -2.41. The molecule has 0 radical (unpaired) electrons. The highest BCUT2D eigenvalue weighted by Gasteiger charge is 2.18. The van der Waals surface area contributed by atoms with Crippen LogP contribution in [0.15, 0.2) is 36.4 Å². The summed E-state index contributed by atoms with van der Waals surface area (Å²) in [5.74, 6) is 0.526. The van der Waals surface area contributed by atoms with E-state index >= 15 is 0 Å². The maximum atomic E-state index is 13.1. The van der Waals surface area contributed by atoms with E-state index in [1.54, 1.807) is 24.3 Å². The van der Waals surface area contributed by atoms with E-state index in [9.17, 15) is 9.59 Å². The van der Waals surface area contributed by atoms with Gasteiger partial charge in [-0.1, -0.05) is 44.5 Å². The molecule has 0 aromatic heterocycles. The van der Waals surface area contributed by atoms with Crippen molar-refractivity contribution < 1.29 is 19.1 Å². The van der Waals surface area contributed by atoms with Gasteiger partial charge in [-0.3, -0.25) is 9.59 Å². The molecular weight excluding hydrogens is 512 g/mol. The van der Waals surface area contributed by atoms with Crippen molar-refractivity contribution in [3.63, 3.8) is 0 Å². The number of ketones is 1. The summed E-state index contributed by atoms with van der Waals surface area (Å²) in [5.41, 5.74) is 2.39. The molecule has 39 heavy (non-hydrogen) atoms. The summed E-state index contributed by atoms with van der Waals surface area (Å²) in [7, 11) is 2.08. The van der Waals surface area contributed by atoms with Crippen molar-refractivity contribution in [2.45, 2.75) is 58.5 Å². The molecule has 0 saturated carbocycles. The van der Waals surface area contributed by atoms with Crippen molar-refractivity contribution in [3.8, 4) is 0 Å². The van der Waals surface area contributed by atoms with Crippen LogP contribution in [-0.2, 0) is 15.9 Å². The van der Waals surface area contributed by atoms with Crippen LogP contribution in [-0.4, -0.2) is 62.7 Å². The first-order valence-corrected chi connectivity index (χ1v) is 14.5. The van der Waals surface area contributed by atoms with Gasteiger partial charge in [0, 0.05) is 54.1 Å². The topological polar surface area (TPSA) is 67.9 Å². The molecule has 3 rings (SSSR count). The molecule has 2 aromatic carbocycles. The minimum absolute atomic E-state index is 0.104. The average Bonchev–Trinajstić information content (AvgIpc) is 2.93. The van der Waals surface area contributed by atoms with E-state index in [0.717, 1.165) is 60.2 Å². The number of carbonyl (C=O) groups is 2. The number of halogens is 1. The van der Waals surface area contributed by atoms with E-state index in [-0.39, 0.29) is 17.8 Å². The fourth-order valence-corrected chi connectivity index (χ4v) is 5.30. The number of nitrogens with one attached hydrogen (secondary N) is 1. The number of ether oxygens (including phenoxy) is 2. The van der Waals surface area contributed by atoms with Crippen molar-refractivity contribution in [1.29, 1.82) is 0 Å². The summed E-state index contributed by atoms with van der Waals surface area (Å²) in [5, 5.41) is 5.55. The highest BCUT2D eigenvalue weighted by Crippen LogP contribution is 2.19. The Balaban J connectivity index is 1.65. The summed E-state index contributed by atoms with van der Waals surface area (Å²) >= 11 is 5.95. The van der Waals surface area contributed by atoms with Crippen LogP contribution in [0.1, 0.15) is 72.2 Å². The quantitative estimate of drug-likeness (QED) is 0.346. The maximum absolute atomic E-state index is 13.1. The Kier molecular flexibility index (Phi) is 12.5. The molecule has 1 amide bonds. The monoisotopic (exact) mass is 554 g/mol. The van der Waals surface area contributed by atoms with Gasteiger partial charge >= 0.3 is 0 Å². The third-order valence-corrected chi connectivity index (χ3v) is 7.45. The van der Waals surface area contributed by atoms with Crippen molar-refractivity contribution in [3.05, 3.63) is 68.5 Å². The Morgan fingerprint density at radius 2 is 1.92 bits per heavy atom. The number of amides is 1. The minimum Gasteiger partial charge on any atom is -0.380 e. The van der Waals surface area contributed by atoms with Gasteiger partial charge in [0.05, 0.1) is 25.9 Å². The van der Waals surface area contributed by atoms with Crippen molar-refractivity contribution in [1.82, 2.24) is 10.2 Å². The number of hydrogen-bond acceptors (Lipinski definition) is 5. The van der Waals surface area contributed by atoms with Crippen LogP contribution in [0.3, 0.4) is 0 Å². The molecule has 1 N–H and O–H groups in total. The maximum Gasteiger partial charge on any atom is 0.251 e. The number of carbonyl (C=O) groups excluding carboxylic acids is 2. The van der Waals surface area contributed by atoms with E-state index in [0.29, 0.717) is 49.3 Å². The number of hydrogen-bond donors (Lipinski definition) is 1. The standard InChI is InChI=1S/C32H43ClN2O4/c1-5-8-24(9-7-10-31(36)25-12-14-26(33)15-13-25)20-35(4)21-30-23(3)11-16-29(28(30)6-2)32(37)34-19-27-22-38-17-18-39-27/h11-16,21,24,27H,3,5-10,17-20,22H2,1-2,4H3,(H,34,37)/b30-21+. The van der Waals surface area contributed by atoms with Crippen LogP contribution in [0.5, 0.6) is 0 Å². The lowest BCUT2D eigenvalue weighted by Gasteiger charge is -2.24. The molecule has 7 heteroatoms. The molecule has 1 saturated heterocycles. The van der Waals surface area contributed by atoms with Gasteiger partial charge in [-0.25, -0.2) is 0 Å². The number of benzene rings is 2. The van der Waals surface area contributed by atoms with Gasteiger partial charge < -0.3 is 19.7 Å². The van der Waals surface area contributed by atoms with Crippen LogP contribution < -0.4 is 15.8 Å². The van der Waals surface area contributed by atoms with E-state index < -0.39 is 0 Å². The van der Waals surface area contributed by atoms with Crippen LogP contribution in [0, 0.1) is 5.92 Å². The first-order valence-electron chi connectivity index (χ1n) is 14.1. The predicted octanol–water partition coefficient (Wildman–Crippen LogP) is 4.60. The summed E-state index contributed by atoms with van der Waals surface area (Å²) in [6, 6.07) is 10.9. The molecule has 6 nitrogen and oxygen atoms in total. The van der Waals surface area contributed by atoms with Gasteiger partial charge in [-0.15, -0.1) is 0 Å². The van der Waals surface area contributed by atoms with Gasteiger partial charge in [0.1, 0.15) is 0 Å². The normalized spacial score (nSPS) is 16.6. The zero-order valence-corrected chi connectivity index (χ0v) is 24.4. The Bertz CT molecular complexity index is 1190. The number of nitrogens with zero attached hydrogens (tertiary/aromatic N) is 1. The molecule has 1 aliphatic rings. The van der Waals surface area contributed by atoms with Crippen molar-refractivity contribution in [2.24, 2.45) is 5.92 Å². The van der Waals surface area contributed by atoms with Gasteiger partial charge in [-0.05, 0) is 72.7 Å². The van der Waals surface area contributed by atoms with E-state index in [2.05, 4.69) is 43.9 Å². The molecule has 1 aliphatic heterocycles. The van der Waals surface area contributed by atoms with Crippen LogP contribution in [0.4, 0.5) is 0 Å². The zero-order chi connectivity index (χ0) is 28.2. The van der Waals surface area contributed by atoms with Crippen LogP contribution in [0.2, 0.25) is 5.02 Å². The smallest absolute Gasteiger partial charge is 0.251 e. The fourth-order valence-electron chi connectivity index (χ4n) is 5.17. The van der Waals surface area contributed by atoms with Crippen molar-refractivity contribution >= 4 is 36.1 Å². The largest absolute Gasteiger partial charge is 0.380 e. The van der Waals surface area contributed by atoms with Crippen LogP contribution >= 0.6 is 11.6 Å². The molecule has 0 spiro atoms. The first kappa shape index (κ1) is 30.9. The minimum atomic E-state index is -0.117.